The van der Waals surface area contributed by atoms with Crippen LogP contribution in [0.15, 0.2) is 12.3 Å². The highest BCUT2D eigenvalue weighted by Gasteiger charge is 2.68. The van der Waals surface area contributed by atoms with Crippen LogP contribution in [-0.4, -0.2) is 42.0 Å². The molecule has 1 saturated carbocycles. The molecule has 0 aromatic carbocycles. The highest BCUT2D eigenvalue weighted by Crippen LogP contribution is 2.63. The van der Waals surface area contributed by atoms with Crippen LogP contribution in [0.4, 0.5) is 0 Å². The SMILES string of the molecule is COC(=O)[C@@]12CN(C(=O)c3cnc4c(c3)CCCC4)C[C@@H]1C(C)(C)C2. The van der Waals surface area contributed by atoms with Gasteiger partial charge in [0.05, 0.1) is 18.1 Å². The summed E-state index contributed by atoms with van der Waals surface area (Å²) in [6.45, 7) is 5.43. The molecule has 0 bridgehead atoms. The van der Waals surface area contributed by atoms with E-state index in [9.17, 15) is 9.59 Å². The molecule has 1 aliphatic heterocycles. The zero-order valence-corrected chi connectivity index (χ0v) is 15.3. The number of carbonyl (C=O) groups is 2. The lowest BCUT2D eigenvalue weighted by molar-refractivity contribution is -0.174. The van der Waals surface area contributed by atoms with Gasteiger partial charge in [0.15, 0.2) is 0 Å². The number of hydrogen-bond acceptors (Lipinski definition) is 4. The second-order valence-electron chi connectivity index (χ2n) is 8.59. The first-order valence-electron chi connectivity index (χ1n) is 9.23. The number of rotatable bonds is 2. The Morgan fingerprint density at radius 2 is 2.04 bits per heavy atom. The molecule has 2 aliphatic carbocycles. The van der Waals surface area contributed by atoms with E-state index < -0.39 is 5.41 Å². The molecule has 2 fully saturated rings. The summed E-state index contributed by atoms with van der Waals surface area (Å²) in [5.41, 5.74) is 2.55. The molecule has 1 aromatic heterocycles. The number of fused-ring (bicyclic) bond motifs is 2. The second kappa shape index (κ2) is 5.55. The van der Waals surface area contributed by atoms with Gasteiger partial charge in [0, 0.05) is 25.0 Å². The third kappa shape index (κ3) is 2.39. The monoisotopic (exact) mass is 342 g/mol. The molecule has 134 valence electrons. The van der Waals surface area contributed by atoms with Gasteiger partial charge in [0.25, 0.3) is 5.91 Å². The van der Waals surface area contributed by atoms with Crippen LogP contribution in [0, 0.1) is 16.7 Å². The van der Waals surface area contributed by atoms with Crippen molar-refractivity contribution in [3.8, 4) is 0 Å². The first-order valence-corrected chi connectivity index (χ1v) is 9.23. The highest BCUT2D eigenvalue weighted by atomic mass is 16.5. The van der Waals surface area contributed by atoms with E-state index in [-0.39, 0.29) is 23.2 Å². The van der Waals surface area contributed by atoms with Crippen molar-refractivity contribution >= 4 is 11.9 Å². The highest BCUT2D eigenvalue weighted by molar-refractivity contribution is 5.95. The summed E-state index contributed by atoms with van der Waals surface area (Å²) in [4.78, 5) is 31.8. The normalized spacial score (nSPS) is 29.4. The number of hydrogen-bond donors (Lipinski definition) is 0. The van der Waals surface area contributed by atoms with Crippen LogP contribution in [0.1, 0.15) is 54.7 Å². The molecule has 4 rings (SSSR count). The summed E-state index contributed by atoms with van der Waals surface area (Å²) >= 11 is 0. The van der Waals surface area contributed by atoms with E-state index in [4.69, 9.17) is 4.74 Å². The molecule has 5 nitrogen and oxygen atoms in total. The Bertz CT molecular complexity index is 742. The summed E-state index contributed by atoms with van der Waals surface area (Å²) < 4.78 is 5.07. The van der Waals surface area contributed by atoms with Gasteiger partial charge < -0.3 is 9.64 Å². The summed E-state index contributed by atoms with van der Waals surface area (Å²) in [7, 11) is 1.44. The van der Waals surface area contributed by atoms with Crippen LogP contribution in [0.2, 0.25) is 0 Å². The Morgan fingerprint density at radius 1 is 1.28 bits per heavy atom. The minimum absolute atomic E-state index is 0.00523. The number of ether oxygens (including phenoxy) is 1. The zero-order chi connectivity index (χ0) is 17.8. The van der Waals surface area contributed by atoms with Crippen molar-refractivity contribution < 1.29 is 14.3 Å². The average molecular weight is 342 g/mol. The molecular formula is C20H26N2O3. The number of aromatic nitrogens is 1. The molecule has 1 amide bonds. The van der Waals surface area contributed by atoms with Crippen molar-refractivity contribution in [3.05, 3.63) is 29.1 Å². The number of methoxy groups -OCH3 is 1. The molecule has 1 saturated heterocycles. The van der Waals surface area contributed by atoms with Crippen LogP contribution in [0.25, 0.3) is 0 Å². The van der Waals surface area contributed by atoms with E-state index in [1.807, 2.05) is 11.0 Å². The fourth-order valence-corrected chi connectivity index (χ4v) is 5.41. The van der Waals surface area contributed by atoms with Gasteiger partial charge in [-0.25, -0.2) is 0 Å². The van der Waals surface area contributed by atoms with E-state index in [0.29, 0.717) is 18.7 Å². The van der Waals surface area contributed by atoms with Crippen molar-refractivity contribution in [1.29, 1.82) is 0 Å². The summed E-state index contributed by atoms with van der Waals surface area (Å²) in [6, 6.07) is 2.01. The van der Waals surface area contributed by atoms with E-state index >= 15 is 0 Å². The predicted octanol–water partition coefficient (Wildman–Crippen LogP) is 2.62. The van der Waals surface area contributed by atoms with Gasteiger partial charge in [-0.2, -0.15) is 0 Å². The Labute approximate surface area is 148 Å². The van der Waals surface area contributed by atoms with Gasteiger partial charge in [-0.1, -0.05) is 13.8 Å². The fourth-order valence-electron chi connectivity index (χ4n) is 5.41. The molecule has 0 N–H and O–H groups in total. The minimum atomic E-state index is -0.518. The minimum Gasteiger partial charge on any atom is -0.469 e. The van der Waals surface area contributed by atoms with Crippen molar-refractivity contribution in [3.63, 3.8) is 0 Å². The predicted molar refractivity (Wildman–Crippen MR) is 93.1 cm³/mol. The van der Waals surface area contributed by atoms with Crippen LogP contribution < -0.4 is 0 Å². The smallest absolute Gasteiger partial charge is 0.314 e. The van der Waals surface area contributed by atoms with Crippen molar-refractivity contribution in [1.82, 2.24) is 9.88 Å². The Hall–Kier alpha value is -1.91. The number of amides is 1. The van der Waals surface area contributed by atoms with Crippen LogP contribution in [0.5, 0.6) is 0 Å². The number of nitrogens with zero attached hydrogens (tertiary/aromatic N) is 2. The van der Waals surface area contributed by atoms with Gasteiger partial charge in [-0.05, 0) is 55.1 Å². The van der Waals surface area contributed by atoms with Crippen molar-refractivity contribution in [2.24, 2.45) is 16.7 Å². The maximum atomic E-state index is 13.0. The van der Waals surface area contributed by atoms with Crippen LogP contribution in [-0.2, 0) is 22.4 Å². The number of aryl methyl sites for hydroxylation is 2. The van der Waals surface area contributed by atoms with Crippen LogP contribution >= 0.6 is 0 Å². The topological polar surface area (TPSA) is 59.5 Å². The standard InChI is InChI=1S/C20H26N2O3/c1-19(2)11-20(18(24)25-3)12-22(10-16(19)20)17(23)14-8-13-6-4-5-7-15(13)21-9-14/h8-9,16H,4-7,10-12H2,1-3H3/t16-,20+/m1/s1. The molecule has 0 radical (unpaired) electrons. The number of esters is 1. The molecule has 1 aromatic rings. The summed E-state index contributed by atoms with van der Waals surface area (Å²) in [5.74, 6) is -0.00738. The first-order chi connectivity index (χ1) is 11.9. The van der Waals surface area contributed by atoms with E-state index in [1.54, 1.807) is 6.20 Å². The molecule has 2 heterocycles. The lowest BCUT2D eigenvalue weighted by Crippen LogP contribution is -2.57. The molecule has 0 unspecified atom stereocenters. The number of carbonyl (C=O) groups excluding carboxylic acids is 2. The molecule has 3 aliphatic rings. The van der Waals surface area contributed by atoms with Gasteiger partial charge in [-0.3, -0.25) is 14.6 Å². The summed E-state index contributed by atoms with van der Waals surface area (Å²) in [5, 5.41) is 0. The summed E-state index contributed by atoms with van der Waals surface area (Å²) in [6.07, 6.45) is 6.85. The molecular weight excluding hydrogens is 316 g/mol. The second-order valence-corrected chi connectivity index (χ2v) is 8.59. The molecule has 0 spiro atoms. The van der Waals surface area contributed by atoms with Crippen molar-refractivity contribution in [2.45, 2.75) is 46.0 Å². The molecule has 5 heteroatoms. The lowest BCUT2D eigenvalue weighted by atomic mass is 9.48. The Balaban J connectivity index is 1.59. The quantitative estimate of drug-likeness (QED) is 0.775. The van der Waals surface area contributed by atoms with Gasteiger partial charge in [0.1, 0.15) is 0 Å². The third-order valence-corrected chi connectivity index (χ3v) is 6.55. The Morgan fingerprint density at radius 3 is 2.76 bits per heavy atom. The average Bonchev–Trinajstić information content (AvgIpc) is 2.96. The zero-order valence-electron chi connectivity index (χ0n) is 15.3. The van der Waals surface area contributed by atoms with Crippen molar-refractivity contribution in [2.75, 3.05) is 20.2 Å². The largest absolute Gasteiger partial charge is 0.469 e. The maximum Gasteiger partial charge on any atom is 0.314 e. The van der Waals surface area contributed by atoms with Gasteiger partial charge in [0.2, 0.25) is 0 Å². The van der Waals surface area contributed by atoms with Gasteiger partial charge in [-0.15, -0.1) is 0 Å². The maximum absolute atomic E-state index is 13.0. The first kappa shape index (κ1) is 16.6. The number of likely N-dealkylation sites (tertiary alicyclic amines) is 1. The third-order valence-electron chi connectivity index (χ3n) is 6.55. The van der Waals surface area contributed by atoms with Gasteiger partial charge >= 0.3 is 5.97 Å². The van der Waals surface area contributed by atoms with E-state index in [1.165, 1.54) is 19.1 Å². The molecule has 25 heavy (non-hydrogen) atoms. The van der Waals surface area contributed by atoms with Crippen LogP contribution in [0.3, 0.4) is 0 Å². The Kier molecular flexibility index (Phi) is 3.67. The van der Waals surface area contributed by atoms with E-state index in [2.05, 4.69) is 18.8 Å². The fraction of sp³-hybridized carbons (Fsp3) is 0.650. The number of pyridine rings is 1. The lowest BCUT2D eigenvalue weighted by Gasteiger charge is -2.54. The van der Waals surface area contributed by atoms with E-state index in [0.717, 1.165) is 31.4 Å². The molecule has 2 atom stereocenters.